The van der Waals surface area contributed by atoms with Crippen molar-refractivity contribution in [3.63, 3.8) is 0 Å². The van der Waals surface area contributed by atoms with Crippen LogP contribution in [-0.4, -0.2) is 36.6 Å². The van der Waals surface area contributed by atoms with Gasteiger partial charge in [0.15, 0.2) is 0 Å². The molecule has 19 heavy (non-hydrogen) atoms. The quantitative estimate of drug-likeness (QED) is 0.783. The van der Waals surface area contributed by atoms with Crippen molar-refractivity contribution in [1.82, 2.24) is 10.2 Å². The molecule has 2 aliphatic rings. The average Bonchev–Trinajstić information content (AvgIpc) is 2.36. The smallest absolute Gasteiger partial charge is 0.00915 e. The van der Waals surface area contributed by atoms with Gasteiger partial charge >= 0.3 is 0 Å². The maximum Gasteiger partial charge on any atom is 0.00915 e. The Balaban J connectivity index is 1.68. The number of nitrogens with one attached hydrogen (secondary N) is 1. The van der Waals surface area contributed by atoms with Gasteiger partial charge in [-0.05, 0) is 77.9 Å². The van der Waals surface area contributed by atoms with Gasteiger partial charge in [0.2, 0.25) is 0 Å². The van der Waals surface area contributed by atoms with Crippen molar-refractivity contribution in [2.75, 3.05) is 19.6 Å². The number of nitrogens with zero attached hydrogens (tertiary/aromatic N) is 1. The Bertz CT molecular complexity index is 300. The first kappa shape index (κ1) is 15.1. The minimum Gasteiger partial charge on any atom is -0.314 e. The zero-order valence-corrected chi connectivity index (χ0v) is 13.3. The molecule has 0 bridgehead atoms. The Kier molecular flexibility index (Phi) is 5.47. The molecule has 2 nitrogen and oxygen atoms in total. The minimum absolute atomic E-state index is 0.716. The van der Waals surface area contributed by atoms with E-state index in [2.05, 4.69) is 44.0 Å². The van der Waals surface area contributed by atoms with Gasteiger partial charge in [-0.2, -0.15) is 0 Å². The predicted octanol–water partition coefficient (Wildman–Crippen LogP) is 3.44. The summed E-state index contributed by atoms with van der Waals surface area (Å²) in [6.07, 6.45) is 7.79. The number of allylic oxidation sites excluding steroid dienone is 2. The fourth-order valence-corrected chi connectivity index (χ4v) is 3.80. The zero-order valence-electron chi connectivity index (χ0n) is 13.3. The molecule has 110 valence electrons. The lowest BCUT2D eigenvalue weighted by molar-refractivity contribution is 0.158. The van der Waals surface area contributed by atoms with Crippen molar-refractivity contribution in [2.24, 2.45) is 11.8 Å². The lowest BCUT2D eigenvalue weighted by atomic mass is 9.83. The van der Waals surface area contributed by atoms with E-state index in [4.69, 9.17) is 0 Å². The molecule has 0 radical (unpaired) electrons. The summed E-state index contributed by atoms with van der Waals surface area (Å²) in [6.45, 7) is 13.0. The largest absolute Gasteiger partial charge is 0.314 e. The number of hydrogen-bond donors (Lipinski definition) is 1. The highest BCUT2D eigenvalue weighted by Crippen LogP contribution is 2.27. The molecular weight excluding hydrogens is 232 g/mol. The van der Waals surface area contributed by atoms with Gasteiger partial charge in [-0.3, -0.25) is 0 Å². The van der Waals surface area contributed by atoms with Crippen molar-refractivity contribution in [1.29, 1.82) is 0 Å². The second-order valence-electron chi connectivity index (χ2n) is 7.11. The Labute approximate surface area is 119 Å². The second-order valence-corrected chi connectivity index (χ2v) is 7.11. The van der Waals surface area contributed by atoms with E-state index in [0.717, 1.165) is 17.9 Å². The summed E-state index contributed by atoms with van der Waals surface area (Å²) in [5, 5.41) is 3.84. The third kappa shape index (κ3) is 4.61. The van der Waals surface area contributed by atoms with Crippen LogP contribution in [0.4, 0.5) is 0 Å². The summed E-state index contributed by atoms with van der Waals surface area (Å²) >= 11 is 0. The van der Waals surface area contributed by atoms with Crippen LogP contribution in [0, 0.1) is 11.8 Å². The first-order valence-electron chi connectivity index (χ1n) is 8.19. The third-order valence-electron chi connectivity index (χ3n) is 4.84. The van der Waals surface area contributed by atoms with Gasteiger partial charge in [-0.1, -0.05) is 18.6 Å². The first-order valence-corrected chi connectivity index (χ1v) is 8.19. The first-order chi connectivity index (χ1) is 9.04. The van der Waals surface area contributed by atoms with Crippen molar-refractivity contribution in [2.45, 2.75) is 65.5 Å². The van der Waals surface area contributed by atoms with Crippen LogP contribution in [0.5, 0.6) is 0 Å². The SMILES string of the molecule is CC1=CC(C)CC(CNC2CCN(C(C)C)CC2)C1. The summed E-state index contributed by atoms with van der Waals surface area (Å²) in [6, 6.07) is 1.48. The van der Waals surface area contributed by atoms with Gasteiger partial charge in [0.1, 0.15) is 0 Å². The predicted molar refractivity (Wildman–Crippen MR) is 83.4 cm³/mol. The molecule has 1 aliphatic heterocycles. The topological polar surface area (TPSA) is 15.3 Å². The molecule has 2 unspecified atom stereocenters. The molecule has 0 aromatic heterocycles. The fourth-order valence-electron chi connectivity index (χ4n) is 3.80. The molecule has 1 N–H and O–H groups in total. The van der Waals surface area contributed by atoms with E-state index < -0.39 is 0 Å². The molecule has 0 aromatic rings. The fraction of sp³-hybridized carbons (Fsp3) is 0.882. The molecule has 1 aliphatic carbocycles. The van der Waals surface area contributed by atoms with E-state index >= 15 is 0 Å². The third-order valence-corrected chi connectivity index (χ3v) is 4.84. The molecule has 1 heterocycles. The van der Waals surface area contributed by atoms with Crippen LogP contribution in [-0.2, 0) is 0 Å². The highest BCUT2D eigenvalue weighted by atomic mass is 15.2. The molecule has 0 spiro atoms. The van der Waals surface area contributed by atoms with Crippen LogP contribution in [0.1, 0.15) is 53.4 Å². The van der Waals surface area contributed by atoms with E-state index in [1.807, 2.05) is 0 Å². The summed E-state index contributed by atoms with van der Waals surface area (Å²) in [7, 11) is 0. The molecule has 2 heteroatoms. The van der Waals surface area contributed by atoms with Gasteiger partial charge < -0.3 is 10.2 Å². The second kappa shape index (κ2) is 6.90. The standard InChI is InChI=1S/C17H32N2/c1-13(2)19-7-5-17(6-8-19)18-12-16-10-14(3)9-15(4)11-16/h9,13-14,16-18H,5-8,10-12H2,1-4H3. The molecule has 0 saturated carbocycles. The Morgan fingerprint density at radius 2 is 2.00 bits per heavy atom. The molecule has 0 amide bonds. The minimum atomic E-state index is 0.716. The maximum absolute atomic E-state index is 3.84. The van der Waals surface area contributed by atoms with Crippen LogP contribution < -0.4 is 5.32 Å². The average molecular weight is 264 g/mol. The van der Waals surface area contributed by atoms with Gasteiger partial charge in [0.25, 0.3) is 0 Å². The van der Waals surface area contributed by atoms with Gasteiger partial charge in [-0.25, -0.2) is 0 Å². The van der Waals surface area contributed by atoms with E-state index in [9.17, 15) is 0 Å². The van der Waals surface area contributed by atoms with E-state index in [0.29, 0.717) is 6.04 Å². The molecule has 2 atom stereocenters. The normalized spacial score (nSPS) is 30.7. The zero-order chi connectivity index (χ0) is 13.8. The van der Waals surface area contributed by atoms with Crippen LogP contribution in [0.15, 0.2) is 11.6 Å². The summed E-state index contributed by atoms with van der Waals surface area (Å²) in [5.74, 6) is 1.64. The lowest BCUT2D eigenvalue weighted by Gasteiger charge is -2.36. The summed E-state index contributed by atoms with van der Waals surface area (Å²) in [5.41, 5.74) is 1.60. The Hall–Kier alpha value is -0.340. The Morgan fingerprint density at radius 3 is 2.58 bits per heavy atom. The van der Waals surface area contributed by atoms with Gasteiger partial charge in [0.05, 0.1) is 0 Å². The molecule has 2 rings (SSSR count). The Morgan fingerprint density at radius 1 is 1.32 bits per heavy atom. The van der Waals surface area contributed by atoms with E-state index in [-0.39, 0.29) is 0 Å². The van der Waals surface area contributed by atoms with Crippen LogP contribution >= 0.6 is 0 Å². The molecule has 1 saturated heterocycles. The van der Waals surface area contributed by atoms with Crippen molar-refractivity contribution in [3.05, 3.63) is 11.6 Å². The van der Waals surface area contributed by atoms with Crippen molar-refractivity contribution < 1.29 is 0 Å². The number of likely N-dealkylation sites (tertiary alicyclic amines) is 1. The lowest BCUT2D eigenvalue weighted by Crippen LogP contribution is -2.46. The molecular formula is C17H32N2. The van der Waals surface area contributed by atoms with Crippen LogP contribution in [0.3, 0.4) is 0 Å². The monoisotopic (exact) mass is 264 g/mol. The van der Waals surface area contributed by atoms with Crippen molar-refractivity contribution >= 4 is 0 Å². The number of hydrogen-bond acceptors (Lipinski definition) is 2. The van der Waals surface area contributed by atoms with Gasteiger partial charge in [-0.15, -0.1) is 0 Å². The molecule has 1 fully saturated rings. The van der Waals surface area contributed by atoms with Crippen molar-refractivity contribution in [3.8, 4) is 0 Å². The van der Waals surface area contributed by atoms with Crippen LogP contribution in [0.2, 0.25) is 0 Å². The van der Waals surface area contributed by atoms with Crippen LogP contribution in [0.25, 0.3) is 0 Å². The maximum atomic E-state index is 3.84. The van der Waals surface area contributed by atoms with E-state index in [1.54, 1.807) is 5.57 Å². The highest BCUT2D eigenvalue weighted by molar-refractivity contribution is 5.06. The van der Waals surface area contributed by atoms with Gasteiger partial charge in [0, 0.05) is 12.1 Å². The number of rotatable bonds is 4. The summed E-state index contributed by atoms with van der Waals surface area (Å²) in [4.78, 5) is 2.60. The van der Waals surface area contributed by atoms with E-state index in [1.165, 1.54) is 45.3 Å². The highest BCUT2D eigenvalue weighted by Gasteiger charge is 2.23. The summed E-state index contributed by atoms with van der Waals surface area (Å²) < 4.78 is 0. The number of piperidine rings is 1. The molecule has 0 aromatic carbocycles.